The Balaban J connectivity index is 3.27. The average Bonchev–Trinajstić information content (AvgIpc) is 2.95. The Morgan fingerprint density at radius 3 is 0.786 bits per heavy atom. The fourth-order valence-electron chi connectivity index (χ4n) is 5.19. The zero-order valence-corrected chi connectivity index (χ0v) is 26.7. The van der Waals surface area contributed by atoms with Crippen LogP contribution in [0.2, 0.25) is 0 Å². The predicted octanol–water partition coefficient (Wildman–Crippen LogP) is 8.31. The molecule has 0 aromatic rings. The Bertz CT molecular complexity index is 614. The standard InChI is InChI=1S/C34H64N2O6/c37-31(35-29-23-17-11-5-1-3-7-15-21-27-33(39)40)25-19-13-9-10-14-20-26-32(38)36-30-24-18-12-6-2-4-8-16-22-28-34(41)42/h1-30H2,(H,35,37)(H,36,38)(H,39,40)(H,41,42). The summed E-state index contributed by atoms with van der Waals surface area (Å²) in [6, 6.07) is 0. The monoisotopic (exact) mass is 596 g/mol. The van der Waals surface area contributed by atoms with E-state index in [4.69, 9.17) is 10.2 Å². The topological polar surface area (TPSA) is 133 Å². The van der Waals surface area contributed by atoms with E-state index in [0.29, 0.717) is 25.7 Å². The highest BCUT2D eigenvalue weighted by Gasteiger charge is 2.03. The number of amides is 2. The van der Waals surface area contributed by atoms with Crippen LogP contribution in [0, 0.1) is 0 Å². The van der Waals surface area contributed by atoms with E-state index < -0.39 is 11.9 Å². The number of nitrogens with one attached hydrogen (secondary N) is 2. The van der Waals surface area contributed by atoms with Crippen molar-refractivity contribution in [2.24, 2.45) is 0 Å². The lowest BCUT2D eigenvalue weighted by molar-refractivity contribution is -0.138. The summed E-state index contributed by atoms with van der Waals surface area (Å²) in [6.45, 7) is 1.55. The zero-order chi connectivity index (χ0) is 30.9. The first-order chi connectivity index (χ1) is 20.4. The first-order valence-electron chi connectivity index (χ1n) is 17.4. The van der Waals surface area contributed by atoms with Gasteiger partial charge in [-0.2, -0.15) is 0 Å². The van der Waals surface area contributed by atoms with Gasteiger partial charge in [0, 0.05) is 38.8 Å². The summed E-state index contributed by atoms with van der Waals surface area (Å²) < 4.78 is 0. The van der Waals surface area contributed by atoms with Crippen LogP contribution in [0.15, 0.2) is 0 Å². The van der Waals surface area contributed by atoms with Gasteiger partial charge in [-0.05, 0) is 38.5 Å². The Morgan fingerprint density at radius 2 is 0.524 bits per heavy atom. The van der Waals surface area contributed by atoms with Gasteiger partial charge in [0.2, 0.25) is 11.8 Å². The molecule has 2 amide bonds. The smallest absolute Gasteiger partial charge is 0.303 e. The Morgan fingerprint density at radius 1 is 0.310 bits per heavy atom. The van der Waals surface area contributed by atoms with Crippen molar-refractivity contribution < 1.29 is 29.4 Å². The van der Waals surface area contributed by atoms with Crippen molar-refractivity contribution in [3.63, 3.8) is 0 Å². The maximum Gasteiger partial charge on any atom is 0.303 e. The fourth-order valence-corrected chi connectivity index (χ4v) is 5.19. The van der Waals surface area contributed by atoms with Crippen molar-refractivity contribution in [3.8, 4) is 0 Å². The van der Waals surface area contributed by atoms with Gasteiger partial charge in [0.15, 0.2) is 0 Å². The van der Waals surface area contributed by atoms with Crippen LogP contribution in [0.25, 0.3) is 0 Å². The molecule has 0 radical (unpaired) electrons. The number of carbonyl (C=O) groups is 4. The van der Waals surface area contributed by atoms with E-state index in [1.807, 2.05) is 0 Å². The first kappa shape index (κ1) is 39.9. The number of aliphatic carboxylic acids is 2. The van der Waals surface area contributed by atoms with Crippen LogP contribution in [0.5, 0.6) is 0 Å². The molecule has 0 saturated heterocycles. The van der Waals surface area contributed by atoms with Gasteiger partial charge in [-0.1, -0.05) is 116 Å². The van der Waals surface area contributed by atoms with Gasteiger partial charge in [0.1, 0.15) is 0 Å². The van der Waals surface area contributed by atoms with Crippen LogP contribution in [0.3, 0.4) is 0 Å². The first-order valence-corrected chi connectivity index (χ1v) is 17.4. The number of rotatable bonds is 33. The third-order valence-corrected chi connectivity index (χ3v) is 7.84. The van der Waals surface area contributed by atoms with Crippen molar-refractivity contribution in [2.75, 3.05) is 13.1 Å². The third-order valence-electron chi connectivity index (χ3n) is 7.84. The van der Waals surface area contributed by atoms with Gasteiger partial charge in [-0.15, -0.1) is 0 Å². The predicted molar refractivity (Wildman–Crippen MR) is 171 cm³/mol. The summed E-state index contributed by atoms with van der Waals surface area (Å²) in [5.74, 6) is -1.06. The van der Waals surface area contributed by atoms with Crippen LogP contribution in [-0.4, -0.2) is 47.1 Å². The molecule has 0 atom stereocenters. The van der Waals surface area contributed by atoms with Gasteiger partial charge < -0.3 is 20.8 Å². The minimum absolute atomic E-state index is 0.165. The molecule has 4 N–H and O–H groups in total. The van der Waals surface area contributed by atoms with Crippen LogP contribution in [0.1, 0.15) is 180 Å². The molecular formula is C34H64N2O6. The molecule has 8 heteroatoms. The van der Waals surface area contributed by atoms with Crippen molar-refractivity contribution in [1.82, 2.24) is 10.6 Å². The molecule has 0 spiro atoms. The highest BCUT2D eigenvalue weighted by atomic mass is 16.4. The Hall–Kier alpha value is -2.12. The second-order valence-electron chi connectivity index (χ2n) is 12.0. The molecule has 0 aromatic heterocycles. The molecule has 0 aliphatic carbocycles. The highest BCUT2D eigenvalue weighted by molar-refractivity contribution is 5.76. The summed E-state index contributed by atoms with van der Waals surface area (Å²) in [5, 5.41) is 23.3. The second kappa shape index (κ2) is 31.8. The summed E-state index contributed by atoms with van der Waals surface area (Å²) in [4.78, 5) is 44.9. The van der Waals surface area contributed by atoms with E-state index in [1.54, 1.807) is 0 Å². The highest BCUT2D eigenvalue weighted by Crippen LogP contribution is 2.12. The molecule has 0 saturated carbocycles. The average molecular weight is 597 g/mol. The van der Waals surface area contributed by atoms with Crippen molar-refractivity contribution in [2.45, 2.75) is 180 Å². The van der Waals surface area contributed by atoms with Crippen LogP contribution in [0.4, 0.5) is 0 Å². The molecule has 0 unspecified atom stereocenters. The quantitative estimate of drug-likeness (QED) is 0.0563. The number of carboxylic acid groups (broad SMARTS) is 2. The number of carbonyl (C=O) groups excluding carboxylic acids is 2. The van der Waals surface area contributed by atoms with E-state index in [2.05, 4.69) is 10.6 Å². The van der Waals surface area contributed by atoms with Crippen molar-refractivity contribution in [3.05, 3.63) is 0 Å². The summed E-state index contributed by atoms with van der Waals surface area (Å²) in [7, 11) is 0. The Kier molecular flexibility index (Phi) is 30.2. The normalized spacial score (nSPS) is 11.0. The third kappa shape index (κ3) is 34.1. The molecular weight excluding hydrogens is 532 g/mol. The van der Waals surface area contributed by atoms with Gasteiger partial charge in [0.25, 0.3) is 0 Å². The lowest BCUT2D eigenvalue weighted by Crippen LogP contribution is -2.24. The molecule has 42 heavy (non-hydrogen) atoms. The van der Waals surface area contributed by atoms with Crippen molar-refractivity contribution >= 4 is 23.8 Å². The minimum atomic E-state index is -0.696. The maximum absolute atomic E-state index is 12.0. The second-order valence-corrected chi connectivity index (χ2v) is 12.0. The largest absolute Gasteiger partial charge is 0.481 e. The maximum atomic E-state index is 12.0. The summed E-state index contributed by atoms with van der Waals surface area (Å²) in [5.41, 5.74) is 0. The molecule has 0 bridgehead atoms. The van der Waals surface area contributed by atoms with Crippen molar-refractivity contribution in [1.29, 1.82) is 0 Å². The molecule has 0 aliphatic heterocycles. The molecule has 0 aliphatic rings. The van der Waals surface area contributed by atoms with E-state index in [1.165, 1.54) is 51.4 Å². The molecule has 246 valence electrons. The summed E-state index contributed by atoms with van der Waals surface area (Å²) >= 11 is 0. The summed E-state index contributed by atoms with van der Waals surface area (Å²) in [6.07, 6.45) is 28.0. The van der Waals surface area contributed by atoms with E-state index in [-0.39, 0.29) is 11.8 Å². The number of carboxylic acids is 2. The number of hydrogen-bond acceptors (Lipinski definition) is 4. The number of hydrogen-bond donors (Lipinski definition) is 4. The molecule has 0 heterocycles. The molecule has 0 rings (SSSR count). The Labute approximate surface area is 256 Å². The van der Waals surface area contributed by atoms with Gasteiger partial charge in [0.05, 0.1) is 0 Å². The van der Waals surface area contributed by atoms with Gasteiger partial charge in [-0.3, -0.25) is 19.2 Å². The van der Waals surface area contributed by atoms with Gasteiger partial charge >= 0.3 is 11.9 Å². The lowest BCUT2D eigenvalue weighted by Gasteiger charge is -2.06. The van der Waals surface area contributed by atoms with E-state index in [0.717, 1.165) is 116 Å². The lowest BCUT2D eigenvalue weighted by atomic mass is 10.1. The van der Waals surface area contributed by atoms with Crippen LogP contribution < -0.4 is 10.6 Å². The number of unbranched alkanes of at least 4 members (excludes halogenated alkanes) is 21. The zero-order valence-electron chi connectivity index (χ0n) is 26.7. The van der Waals surface area contributed by atoms with E-state index >= 15 is 0 Å². The molecule has 0 fully saturated rings. The molecule has 8 nitrogen and oxygen atoms in total. The minimum Gasteiger partial charge on any atom is -0.481 e. The van der Waals surface area contributed by atoms with E-state index in [9.17, 15) is 19.2 Å². The van der Waals surface area contributed by atoms with Gasteiger partial charge in [-0.25, -0.2) is 0 Å². The van der Waals surface area contributed by atoms with Crippen LogP contribution >= 0.6 is 0 Å². The fraction of sp³-hybridized carbons (Fsp3) is 0.882. The SMILES string of the molecule is O=C(O)CCCCCCCCCCCNC(=O)CCCCCCCCC(=O)NCCCCCCCCCCCC(=O)O. The molecule has 0 aromatic carbocycles. The van der Waals surface area contributed by atoms with Crippen LogP contribution in [-0.2, 0) is 19.2 Å².